The van der Waals surface area contributed by atoms with Crippen molar-refractivity contribution >= 4 is 5.78 Å². The topological polar surface area (TPSA) is 17.1 Å². The van der Waals surface area contributed by atoms with Gasteiger partial charge in [-0.15, -0.1) is 5.73 Å². The summed E-state index contributed by atoms with van der Waals surface area (Å²) in [7, 11) is 0. The fourth-order valence-electron chi connectivity index (χ4n) is 3.13. The van der Waals surface area contributed by atoms with Gasteiger partial charge in [0.15, 0.2) is 0 Å². The van der Waals surface area contributed by atoms with Crippen LogP contribution in [0.15, 0.2) is 17.4 Å². The van der Waals surface area contributed by atoms with Crippen molar-refractivity contribution in [2.24, 2.45) is 17.8 Å². The van der Waals surface area contributed by atoms with Crippen molar-refractivity contribution in [2.75, 3.05) is 0 Å². The maximum absolute atomic E-state index is 10.9. The molecule has 0 rings (SSSR count). The molecule has 2 atom stereocenters. The lowest BCUT2D eigenvalue weighted by Crippen LogP contribution is -2.00. The van der Waals surface area contributed by atoms with Crippen molar-refractivity contribution < 1.29 is 4.79 Å². The molecule has 0 spiro atoms. The van der Waals surface area contributed by atoms with Crippen LogP contribution in [0.25, 0.3) is 0 Å². The quantitative estimate of drug-likeness (QED) is 0.300. The third kappa shape index (κ3) is 16.1. The van der Waals surface area contributed by atoms with Crippen LogP contribution in [0.1, 0.15) is 106 Å². The highest BCUT2D eigenvalue weighted by Crippen LogP contribution is 2.21. The van der Waals surface area contributed by atoms with E-state index in [1.54, 1.807) is 6.92 Å². The van der Waals surface area contributed by atoms with Gasteiger partial charge in [-0.2, -0.15) is 0 Å². The van der Waals surface area contributed by atoms with E-state index in [9.17, 15) is 4.79 Å². The first kappa shape index (κ1) is 23.2. The molecule has 0 saturated carbocycles. The van der Waals surface area contributed by atoms with Crippen molar-refractivity contribution in [3.63, 3.8) is 0 Å². The van der Waals surface area contributed by atoms with Crippen LogP contribution in [-0.4, -0.2) is 5.78 Å². The molecule has 0 aliphatic heterocycles. The summed E-state index contributed by atoms with van der Waals surface area (Å²) in [4.78, 5) is 10.9. The Kier molecular flexibility index (Phi) is 14.0. The van der Waals surface area contributed by atoms with E-state index in [-0.39, 0.29) is 5.78 Å². The van der Waals surface area contributed by atoms with Gasteiger partial charge in [0.25, 0.3) is 0 Å². The van der Waals surface area contributed by atoms with Gasteiger partial charge in [-0.05, 0) is 56.1 Å². The molecule has 0 saturated heterocycles. The van der Waals surface area contributed by atoms with Crippen molar-refractivity contribution in [1.82, 2.24) is 0 Å². The maximum Gasteiger partial charge on any atom is 0.134 e. The predicted octanol–water partition coefficient (Wildman–Crippen LogP) is 7.51. The van der Waals surface area contributed by atoms with Gasteiger partial charge in [0.1, 0.15) is 5.78 Å². The Morgan fingerprint density at radius 1 is 0.833 bits per heavy atom. The molecule has 0 aromatic rings. The Hall–Kier alpha value is -0.810. The monoisotopic (exact) mass is 334 g/mol. The highest BCUT2D eigenvalue weighted by molar-refractivity contribution is 5.76. The van der Waals surface area contributed by atoms with Gasteiger partial charge in [0.2, 0.25) is 0 Å². The third-order valence-corrected chi connectivity index (χ3v) is 4.86. The lowest BCUT2D eigenvalue weighted by Gasteiger charge is -2.15. The average molecular weight is 335 g/mol. The Balaban J connectivity index is 3.70. The first-order valence-electron chi connectivity index (χ1n) is 10.2. The smallest absolute Gasteiger partial charge is 0.134 e. The Bertz CT molecular complexity index is 385. The number of carbonyl (C=O) groups is 1. The van der Waals surface area contributed by atoms with Crippen molar-refractivity contribution in [1.29, 1.82) is 0 Å². The molecule has 1 nitrogen and oxygen atoms in total. The molecule has 0 N–H and O–H groups in total. The lowest BCUT2D eigenvalue weighted by molar-refractivity contribution is -0.116. The molecule has 0 heterocycles. The van der Waals surface area contributed by atoms with Gasteiger partial charge in [0.05, 0.1) is 0 Å². The second-order valence-electron chi connectivity index (χ2n) is 8.39. The van der Waals surface area contributed by atoms with Crippen LogP contribution >= 0.6 is 0 Å². The summed E-state index contributed by atoms with van der Waals surface area (Å²) in [5.41, 5.74) is 4.52. The highest BCUT2D eigenvalue weighted by Gasteiger charge is 2.06. The Labute approximate surface area is 152 Å². The van der Waals surface area contributed by atoms with E-state index in [0.717, 1.165) is 24.2 Å². The maximum atomic E-state index is 10.9. The molecule has 140 valence electrons. The molecule has 0 amide bonds. The first-order valence-corrected chi connectivity index (χ1v) is 10.2. The summed E-state index contributed by atoms with van der Waals surface area (Å²) in [5, 5.41) is 0. The van der Waals surface area contributed by atoms with Gasteiger partial charge in [-0.3, -0.25) is 4.79 Å². The summed E-state index contributed by atoms with van der Waals surface area (Å²) < 4.78 is 0. The molecule has 0 bridgehead atoms. The summed E-state index contributed by atoms with van der Waals surface area (Å²) in [6.07, 6.45) is 14.4. The normalized spacial score (nSPS) is 13.5. The average Bonchev–Trinajstić information content (AvgIpc) is 2.46. The predicted molar refractivity (Wildman–Crippen MR) is 107 cm³/mol. The molecule has 0 fully saturated rings. The summed E-state index contributed by atoms with van der Waals surface area (Å²) >= 11 is 0. The minimum absolute atomic E-state index is 0.211. The van der Waals surface area contributed by atoms with E-state index in [0.29, 0.717) is 6.42 Å². The molecule has 24 heavy (non-hydrogen) atoms. The van der Waals surface area contributed by atoms with Crippen molar-refractivity contribution in [2.45, 2.75) is 106 Å². The number of allylic oxidation sites excluding steroid dienone is 1. The Morgan fingerprint density at radius 3 is 1.83 bits per heavy atom. The second kappa shape index (κ2) is 14.5. The van der Waals surface area contributed by atoms with E-state index in [2.05, 4.69) is 40.3 Å². The summed E-state index contributed by atoms with van der Waals surface area (Å²) in [5.74, 6) is 2.80. The van der Waals surface area contributed by atoms with Crippen LogP contribution in [-0.2, 0) is 4.79 Å². The fraction of sp³-hybridized carbons (Fsp3) is 0.826. The van der Waals surface area contributed by atoms with E-state index in [1.165, 1.54) is 56.9 Å². The zero-order chi connectivity index (χ0) is 18.4. The van der Waals surface area contributed by atoms with Crippen LogP contribution < -0.4 is 0 Å². The lowest BCUT2D eigenvalue weighted by atomic mass is 9.91. The van der Waals surface area contributed by atoms with Crippen LogP contribution in [0.3, 0.4) is 0 Å². The van der Waals surface area contributed by atoms with E-state index < -0.39 is 0 Å². The molecule has 0 aromatic carbocycles. The van der Waals surface area contributed by atoms with Gasteiger partial charge in [0, 0.05) is 6.42 Å². The number of Topliss-reactive ketones (excluding diaryl/α,β-unsaturated/α-hetero) is 1. The molecule has 2 unspecified atom stereocenters. The number of hydrogen-bond donors (Lipinski definition) is 0. The molecule has 0 aliphatic carbocycles. The standard InChI is InChI=1S/C23H42O/c1-19(2)11-7-12-20(3)13-8-14-21(4)15-9-16-22(5)17-10-18-23(6)24/h10,19-21H,7-9,11-16,18H2,1-6H3. The van der Waals surface area contributed by atoms with Crippen molar-refractivity contribution in [3.8, 4) is 0 Å². The van der Waals surface area contributed by atoms with Gasteiger partial charge >= 0.3 is 0 Å². The first-order chi connectivity index (χ1) is 11.3. The fourth-order valence-corrected chi connectivity index (χ4v) is 3.13. The Morgan fingerprint density at radius 2 is 1.33 bits per heavy atom. The van der Waals surface area contributed by atoms with E-state index >= 15 is 0 Å². The van der Waals surface area contributed by atoms with Crippen LogP contribution in [0, 0.1) is 17.8 Å². The molecular weight excluding hydrogens is 292 g/mol. The zero-order valence-electron chi connectivity index (χ0n) is 17.3. The van der Waals surface area contributed by atoms with Crippen LogP contribution in [0.5, 0.6) is 0 Å². The third-order valence-electron chi connectivity index (χ3n) is 4.86. The van der Waals surface area contributed by atoms with E-state index in [1.807, 2.05) is 6.08 Å². The minimum Gasteiger partial charge on any atom is -0.300 e. The number of hydrogen-bond acceptors (Lipinski definition) is 1. The van der Waals surface area contributed by atoms with Crippen LogP contribution in [0.4, 0.5) is 0 Å². The summed E-state index contributed by atoms with van der Waals surface area (Å²) in [6.45, 7) is 13.2. The molecule has 0 aromatic heterocycles. The van der Waals surface area contributed by atoms with Gasteiger partial charge in [-0.25, -0.2) is 0 Å². The van der Waals surface area contributed by atoms with E-state index in [4.69, 9.17) is 0 Å². The largest absolute Gasteiger partial charge is 0.300 e. The van der Waals surface area contributed by atoms with Gasteiger partial charge < -0.3 is 0 Å². The number of carbonyl (C=O) groups excluding carboxylic acids is 1. The number of ketones is 1. The van der Waals surface area contributed by atoms with Crippen molar-refractivity contribution in [3.05, 3.63) is 17.4 Å². The SMILES string of the molecule is CC(=O)CC=C=C(C)CCCC(C)CCCC(C)CCCC(C)C. The molecule has 0 radical (unpaired) electrons. The minimum atomic E-state index is 0.211. The van der Waals surface area contributed by atoms with Gasteiger partial charge in [-0.1, -0.05) is 72.6 Å². The molecule has 1 heteroatoms. The molecule has 0 aliphatic rings. The summed E-state index contributed by atoms with van der Waals surface area (Å²) in [6, 6.07) is 0. The highest BCUT2D eigenvalue weighted by atomic mass is 16.1. The molecular formula is C23H42O. The number of rotatable bonds is 14. The second-order valence-corrected chi connectivity index (χ2v) is 8.39. The van der Waals surface area contributed by atoms with Crippen LogP contribution in [0.2, 0.25) is 0 Å². The zero-order valence-corrected chi connectivity index (χ0v) is 17.3.